The monoisotopic (exact) mass is 402 g/mol. The van der Waals surface area contributed by atoms with Crippen molar-refractivity contribution >= 4 is 44.5 Å². The van der Waals surface area contributed by atoms with Crippen LogP contribution in [0.25, 0.3) is 5.57 Å². The van der Waals surface area contributed by atoms with Gasteiger partial charge in [-0.1, -0.05) is 35.4 Å². The zero-order valence-electron chi connectivity index (χ0n) is 15.5. The molecule has 0 saturated carbocycles. The highest BCUT2D eigenvalue weighted by molar-refractivity contribution is 8.18. The number of hydrogen-bond acceptors (Lipinski definition) is 4. The van der Waals surface area contributed by atoms with Gasteiger partial charge in [0.2, 0.25) is 0 Å². The van der Waals surface area contributed by atoms with Crippen molar-refractivity contribution in [1.82, 2.24) is 0 Å². The molecule has 0 spiro atoms. The van der Waals surface area contributed by atoms with Crippen LogP contribution in [0.15, 0.2) is 57.8 Å². The van der Waals surface area contributed by atoms with Crippen molar-refractivity contribution in [2.45, 2.75) is 23.6 Å². The van der Waals surface area contributed by atoms with Crippen molar-refractivity contribution in [1.29, 1.82) is 0 Å². The summed E-state index contributed by atoms with van der Waals surface area (Å²) in [6.45, 7) is 4.07. The summed E-state index contributed by atoms with van der Waals surface area (Å²) in [5, 5.41) is 0.591. The normalized spacial score (nSPS) is 14.7. The third-order valence-corrected chi connectivity index (χ3v) is 6.82. The zero-order chi connectivity index (χ0) is 19.7. The van der Waals surface area contributed by atoms with E-state index in [9.17, 15) is 9.59 Å². The number of hydrogen-bond donors (Lipinski definition) is 0. The molecule has 0 bridgehead atoms. The topological polar surface area (TPSA) is 52.6 Å². The smallest absolute Gasteiger partial charge is 0.351 e. The van der Waals surface area contributed by atoms with E-state index in [1.807, 2.05) is 50.2 Å². The van der Waals surface area contributed by atoms with E-state index < -0.39 is 22.4 Å². The van der Waals surface area contributed by atoms with Gasteiger partial charge in [0.15, 0.2) is 4.86 Å². The number of benzene rings is 2. The van der Waals surface area contributed by atoms with Crippen molar-refractivity contribution in [3.05, 3.63) is 64.2 Å². The molecular formula is C21H19ClO4S. The highest BCUT2D eigenvalue weighted by atomic mass is 35.5. The van der Waals surface area contributed by atoms with Crippen molar-refractivity contribution in [2.24, 2.45) is 0 Å². The van der Waals surface area contributed by atoms with E-state index in [4.69, 9.17) is 21.1 Å². The highest BCUT2D eigenvalue weighted by Crippen LogP contribution is 2.52. The number of methoxy groups -OCH3 is 2. The fourth-order valence-corrected chi connectivity index (χ4v) is 5.72. The Bertz CT molecular complexity index is 999. The van der Waals surface area contributed by atoms with E-state index in [2.05, 4.69) is 0 Å². The summed E-state index contributed by atoms with van der Waals surface area (Å²) in [6, 6.07) is 13.3. The summed E-state index contributed by atoms with van der Waals surface area (Å²) in [4.78, 5) is 26.8. The maximum atomic E-state index is 12.5. The van der Waals surface area contributed by atoms with Crippen LogP contribution in [-0.4, -0.2) is 31.0 Å². The Hall–Kier alpha value is -2.37. The van der Waals surface area contributed by atoms with Gasteiger partial charge >= 0.3 is 11.9 Å². The van der Waals surface area contributed by atoms with Crippen molar-refractivity contribution in [2.75, 3.05) is 14.2 Å². The van der Waals surface area contributed by atoms with Gasteiger partial charge in [-0.25, -0.2) is 9.59 Å². The SMILES string of the molecule is COC(=O)C(C(=O)OC)=S1c2ccccc2C(=C(C)C)c2cc(Cl)ccc21. The number of allylic oxidation sites excluding steroid dienone is 1. The zero-order valence-corrected chi connectivity index (χ0v) is 17.0. The first-order valence-corrected chi connectivity index (χ1v) is 9.85. The Morgan fingerprint density at radius 1 is 0.889 bits per heavy atom. The van der Waals surface area contributed by atoms with E-state index in [1.165, 1.54) is 14.2 Å². The van der Waals surface area contributed by atoms with E-state index in [0.29, 0.717) is 5.02 Å². The molecule has 1 aliphatic rings. The van der Waals surface area contributed by atoms with Crippen LogP contribution in [-0.2, 0) is 19.1 Å². The summed E-state index contributed by atoms with van der Waals surface area (Å²) in [7, 11) is 1.55. The number of carbonyl (C=O) groups excluding carboxylic acids is 2. The summed E-state index contributed by atoms with van der Waals surface area (Å²) >= 11 is 6.27. The van der Waals surface area contributed by atoms with Gasteiger partial charge in [0, 0.05) is 14.8 Å². The average Bonchev–Trinajstić information content (AvgIpc) is 2.66. The number of fused-ring (bicyclic) bond motifs is 2. The lowest BCUT2D eigenvalue weighted by Gasteiger charge is -2.28. The van der Waals surface area contributed by atoms with Crippen LogP contribution in [0.1, 0.15) is 25.0 Å². The molecule has 4 nitrogen and oxygen atoms in total. The Kier molecular flexibility index (Phi) is 5.53. The maximum Gasteiger partial charge on any atom is 0.351 e. The predicted octanol–water partition coefficient (Wildman–Crippen LogP) is 4.70. The molecule has 1 aliphatic heterocycles. The minimum Gasteiger partial charge on any atom is -0.465 e. The highest BCUT2D eigenvalue weighted by Gasteiger charge is 2.32. The molecule has 2 aromatic carbocycles. The predicted molar refractivity (Wildman–Crippen MR) is 108 cm³/mol. The molecule has 6 heteroatoms. The van der Waals surface area contributed by atoms with Crippen molar-refractivity contribution in [3.63, 3.8) is 0 Å². The molecule has 1 unspecified atom stereocenters. The molecule has 27 heavy (non-hydrogen) atoms. The lowest BCUT2D eigenvalue weighted by Crippen LogP contribution is -2.27. The molecule has 0 N–H and O–H groups in total. The number of carbonyl (C=O) groups is 2. The van der Waals surface area contributed by atoms with Gasteiger partial charge in [-0.15, -0.1) is 10.5 Å². The second-order valence-electron chi connectivity index (χ2n) is 6.13. The number of halogens is 1. The van der Waals surface area contributed by atoms with Gasteiger partial charge in [0.25, 0.3) is 0 Å². The minimum atomic E-state index is -0.963. The Morgan fingerprint density at radius 2 is 1.48 bits per heavy atom. The molecule has 140 valence electrons. The van der Waals surface area contributed by atoms with Crippen LogP contribution in [0.3, 0.4) is 0 Å². The lowest BCUT2D eigenvalue weighted by atomic mass is 9.93. The lowest BCUT2D eigenvalue weighted by molar-refractivity contribution is -0.137. The maximum absolute atomic E-state index is 12.5. The number of esters is 2. The van der Waals surface area contributed by atoms with E-state index >= 15 is 0 Å². The van der Waals surface area contributed by atoms with Crippen molar-refractivity contribution in [3.8, 4) is 0 Å². The van der Waals surface area contributed by atoms with Crippen LogP contribution in [0, 0.1) is 0 Å². The molecule has 0 aliphatic carbocycles. The molecule has 3 rings (SSSR count). The van der Waals surface area contributed by atoms with E-state index in [1.54, 1.807) is 6.07 Å². The first-order valence-electron chi connectivity index (χ1n) is 8.25. The summed E-state index contributed by atoms with van der Waals surface area (Å²) in [6.07, 6.45) is 0. The number of rotatable bonds is 2. The molecule has 1 atom stereocenters. The molecule has 0 amide bonds. The quantitative estimate of drug-likeness (QED) is 0.354. The van der Waals surface area contributed by atoms with E-state index in [-0.39, 0.29) is 4.86 Å². The Morgan fingerprint density at radius 3 is 2.07 bits per heavy atom. The van der Waals surface area contributed by atoms with Crippen LogP contribution in [0.4, 0.5) is 0 Å². The van der Waals surface area contributed by atoms with Gasteiger partial charge in [-0.05, 0) is 54.8 Å². The third-order valence-electron chi connectivity index (χ3n) is 4.25. The fourth-order valence-electron chi connectivity index (χ4n) is 3.18. The fraction of sp³-hybridized carbons (Fsp3) is 0.190. The van der Waals surface area contributed by atoms with Gasteiger partial charge in [-0.2, -0.15) is 0 Å². The summed E-state index contributed by atoms with van der Waals surface area (Å²) < 4.78 is 9.82. The van der Waals surface area contributed by atoms with E-state index in [0.717, 1.165) is 32.1 Å². The van der Waals surface area contributed by atoms with Crippen LogP contribution in [0.2, 0.25) is 5.02 Å². The van der Waals surface area contributed by atoms with Gasteiger partial charge in [0.1, 0.15) is 0 Å². The van der Waals surface area contributed by atoms with Gasteiger partial charge < -0.3 is 9.47 Å². The molecule has 0 saturated heterocycles. The molecule has 0 radical (unpaired) electrons. The Labute approximate surface area is 165 Å². The van der Waals surface area contributed by atoms with Crippen molar-refractivity contribution < 1.29 is 19.1 Å². The number of ether oxygens (including phenoxy) is 2. The molecule has 2 aromatic rings. The molecule has 0 aromatic heterocycles. The standard InChI is InChI=1S/C21H19ClO4S/c1-12(2)18-14-7-5-6-8-16(14)27(17-10-9-13(22)11-15(17)18)19(20(23)25-3)21(24)26-4/h5-11H,1-4H3. The minimum absolute atomic E-state index is 0.0242. The van der Waals surface area contributed by atoms with Crippen LogP contribution < -0.4 is 0 Å². The second-order valence-corrected chi connectivity index (χ2v) is 8.47. The first-order chi connectivity index (χ1) is 12.9. The third kappa shape index (κ3) is 3.33. The molecule has 0 fully saturated rings. The largest absolute Gasteiger partial charge is 0.465 e. The molecular weight excluding hydrogens is 384 g/mol. The average molecular weight is 403 g/mol. The second kappa shape index (κ2) is 7.71. The van der Waals surface area contributed by atoms with Gasteiger partial charge in [-0.3, -0.25) is 0 Å². The molecule has 1 heterocycles. The summed E-state index contributed by atoms with van der Waals surface area (Å²) in [5.74, 6) is -1.39. The Balaban J connectivity index is 2.53. The summed E-state index contributed by atoms with van der Waals surface area (Å²) in [5.41, 5.74) is 4.06. The van der Waals surface area contributed by atoms with Gasteiger partial charge in [0.05, 0.1) is 14.2 Å². The van der Waals surface area contributed by atoms with Crippen LogP contribution in [0.5, 0.6) is 0 Å². The first kappa shape index (κ1) is 19.4. The van der Waals surface area contributed by atoms with Crippen LogP contribution >= 0.6 is 22.1 Å².